The second kappa shape index (κ2) is 7.15. The summed E-state index contributed by atoms with van der Waals surface area (Å²) >= 11 is 1.30. The van der Waals surface area contributed by atoms with Crippen LogP contribution in [-0.2, 0) is 14.3 Å². The first kappa shape index (κ1) is 19.1. The molecule has 1 amide bonds. The van der Waals surface area contributed by atoms with Gasteiger partial charge in [0.1, 0.15) is 0 Å². The average Bonchev–Trinajstić information content (AvgIpc) is 2.86. The number of nitro groups is 1. The maximum atomic E-state index is 12.8. The zero-order valence-electron chi connectivity index (χ0n) is 15.3. The summed E-state index contributed by atoms with van der Waals surface area (Å²) in [5.74, 6) is -0.781. The van der Waals surface area contributed by atoms with E-state index in [-0.39, 0.29) is 28.5 Å². The van der Waals surface area contributed by atoms with Crippen LogP contribution in [0.2, 0.25) is 0 Å². The molecule has 142 valence electrons. The summed E-state index contributed by atoms with van der Waals surface area (Å²) in [5, 5.41) is 11.3. The van der Waals surface area contributed by atoms with E-state index in [9.17, 15) is 19.7 Å². The van der Waals surface area contributed by atoms with Gasteiger partial charge in [-0.25, -0.2) is 9.79 Å². The van der Waals surface area contributed by atoms with Gasteiger partial charge in [0.15, 0.2) is 5.17 Å². The minimum absolute atomic E-state index is 0.113. The van der Waals surface area contributed by atoms with Crippen LogP contribution in [0.4, 0.5) is 5.69 Å². The minimum Gasteiger partial charge on any atom is -0.459 e. The maximum Gasteiger partial charge on any atom is 0.338 e. The average molecular weight is 389 g/mol. The van der Waals surface area contributed by atoms with Gasteiger partial charge in [-0.05, 0) is 33.3 Å². The van der Waals surface area contributed by atoms with Crippen LogP contribution in [0, 0.1) is 10.1 Å². The molecule has 0 spiro atoms. The summed E-state index contributed by atoms with van der Waals surface area (Å²) in [5.41, 5.74) is 1.02. The van der Waals surface area contributed by atoms with Crippen molar-refractivity contribution in [2.75, 3.05) is 0 Å². The Morgan fingerprint density at radius 3 is 2.74 bits per heavy atom. The third-order valence-electron chi connectivity index (χ3n) is 4.22. The third-order valence-corrected chi connectivity index (χ3v) is 5.27. The number of rotatable bonds is 4. The molecule has 2 unspecified atom stereocenters. The highest BCUT2D eigenvalue weighted by atomic mass is 32.2. The second-order valence-electron chi connectivity index (χ2n) is 6.57. The zero-order valence-corrected chi connectivity index (χ0v) is 16.1. The van der Waals surface area contributed by atoms with Crippen LogP contribution < -0.4 is 0 Å². The predicted molar refractivity (Wildman–Crippen MR) is 101 cm³/mol. The highest BCUT2D eigenvalue weighted by molar-refractivity contribution is 8.15. The number of benzene rings is 1. The van der Waals surface area contributed by atoms with Crippen molar-refractivity contribution in [2.45, 2.75) is 45.1 Å². The van der Waals surface area contributed by atoms with Gasteiger partial charge >= 0.3 is 5.97 Å². The molecule has 0 aliphatic carbocycles. The Morgan fingerprint density at radius 1 is 1.41 bits per heavy atom. The lowest BCUT2D eigenvalue weighted by Gasteiger charge is -2.33. The van der Waals surface area contributed by atoms with E-state index in [0.717, 1.165) is 0 Å². The quantitative estimate of drug-likeness (QED) is 0.445. The number of aliphatic imine (C=N–C) groups is 1. The van der Waals surface area contributed by atoms with E-state index in [4.69, 9.17) is 4.74 Å². The number of carbonyl (C=O) groups excluding carboxylic acids is 2. The van der Waals surface area contributed by atoms with Gasteiger partial charge in [0, 0.05) is 12.1 Å². The molecule has 2 aliphatic rings. The molecule has 0 radical (unpaired) electrons. The number of carbonyl (C=O) groups is 2. The van der Waals surface area contributed by atoms with Gasteiger partial charge in [-0.15, -0.1) is 0 Å². The summed E-state index contributed by atoms with van der Waals surface area (Å²) in [4.78, 5) is 42.1. The Kier molecular flexibility index (Phi) is 5.05. The molecule has 2 atom stereocenters. The number of allylic oxidation sites excluding steroid dienone is 1. The molecule has 2 aliphatic heterocycles. The van der Waals surface area contributed by atoms with Crippen LogP contribution >= 0.6 is 11.8 Å². The van der Waals surface area contributed by atoms with Gasteiger partial charge < -0.3 is 4.74 Å². The zero-order chi connectivity index (χ0) is 19.9. The van der Waals surface area contributed by atoms with Crippen molar-refractivity contribution < 1.29 is 19.2 Å². The number of esters is 1. The first-order chi connectivity index (χ1) is 12.7. The van der Waals surface area contributed by atoms with E-state index in [1.807, 2.05) is 0 Å². The van der Waals surface area contributed by atoms with Gasteiger partial charge in [-0.2, -0.15) is 0 Å². The fraction of sp³-hybridized carbons (Fsp3) is 0.389. The highest BCUT2D eigenvalue weighted by Gasteiger charge is 2.46. The van der Waals surface area contributed by atoms with Gasteiger partial charge in [0.2, 0.25) is 5.91 Å². The number of nitrogens with zero attached hydrogens (tertiary/aromatic N) is 3. The Morgan fingerprint density at radius 2 is 2.11 bits per heavy atom. The van der Waals surface area contributed by atoms with E-state index in [0.29, 0.717) is 16.4 Å². The molecule has 0 bridgehead atoms. The molecule has 1 aromatic rings. The lowest BCUT2D eigenvalue weighted by atomic mass is 9.94. The van der Waals surface area contributed by atoms with Crippen LogP contribution in [0.5, 0.6) is 0 Å². The summed E-state index contributed by atoms with van der Waals surface area (Å²) < 4.78 is 5.36. The molecular formula is C18H19N3O5S. The number of hydrogen-bond acceptors (Lipinski definition) is 7. The fourth-order valence-electron chi connectivity index (χ4n) is 3.07. The largest absolute Gasteiger partial charge is 0.459 e. The van der Waals surface area contributed by atoms with Crippen LogP contribution in [0.3, 0.4) is 0 Å². The molecule has 8 nitrogen and oxygen atoms in total. The Balaban J connectivity index is 2.16. The Labute approximate surface area is 160 Å². The van der Waals surface area contributed by atoms with E-state index in [2.05, 4.69) is 4.99 Å². The fourth-order valence-corrected chi connectivity index (χ4v) is 4.09. The van der Waals surface area contributed by atoms with E-state index in [1.54, 1.807) is 33.8 Å². The van der Waals surface area contributed by atoms with Crippen molar-refractivity contribution in [1.29, 1.82) is 0 Å². The van der Waals surface area contributed by atoms with E-state index < -0.39 is 16.9 Å². The predicted octanol–water partition coefficient (Wildman–Crippen LogP) is 3.20. The normalized spacial score (nSPS) is 22.0. The molecule has 3 rings (SSSR count). The highest BCUT2D eigenvalue weighted by Crippen LogP contribution is 2.43. The molecule has 0 N–H and O–H groups in total. The van der Waals surface area contributed by atoms with Crippen molar-refractivity contribution in [2.24, 2.45) is 4.99 Å². The van der Waals surface area contributed by atoms with Crippen LogP contribution in [0.25, 0.3) is 0 Å². The van der Waals surface area contributed by atoms with Crippen molar-refractivity contribution in [3.63, 3.8) is 0 Å². The molecule has 0 aromatic heterocycles. The van der Waals surface area contributed by atoms with Crippen molar-refractivity contribution >= 4 is 34.5 Å². The van der Waals surface area contributed by atoms with Gasteiger partial charge in [0.25, 0.3) is 5.69 Å². The topological polar surface area (TPSA) is 102 Å². The summed E-state index contributed by atoms with van der Waals surface area (Å²) in [6, 6.07) is 5.14. The molecule has 27 heavy (non-hydrogen) atoms. The van der Waals surface area contributed by atoms with Crippen molar-refractivity contribution in [1.82, 2.24) is 4.90 Å². The van der Waals surface area contributed by atoms with Crippen LogP contribution in [0.15, 0.2) is 40.5 Å². The van der Waals surface area contributed by atoms with E-state index in [1.165, 1.54) is 34.9 Å². The number of thioether (sulfide) groups is 1. The van der Waals surface area contributed by atoms with Crippen molar-refractivity contribution in [3.05, 3.63) is 51.2 Å². The van der Waals surface area contributed by atoms with Gasteiger partial charge in [-0.1, -0.05) is 23.9 Å². The number of nitro benzene ring substituents is 1. The standard InChI is InChI=1S/C18H19N3O5S/c1-9(2)26-17(23)14-10(3)19-18-20(16(22)11(4)27-18)15(14)12-6-5-7-13(8-12)21(24)25/h5-9,11,15H,1-4H3. The molecule has 1 aromatic carbocycles. The lowest BCUT2D eigenvalue weighted by molar-refractivity contribution is -0.384. The summed E-state index contributed by atoms with van der Waals surface area (Å²) in [7, 11) is 0. The third kappa shape index (κ3) is 3.46. The number of non-ortho nitro benzene ring substituents is 1. The molecule has 2 heterocycles. The number of amidine groups is 1. The van der Waals surface area contributed by atoms with Gasteiger partial charge in [0.05, 0.1) is 33.6 Å². The summed E-state index contributed by atoms with van der Waals surface area (Å²) in [6.07, 6.45) is -0.350. The number of fused-ring (bicyclic) bond motifs is 1. The Hall–Kier alpha value is -2.68. The van der Waals surface area contributed by atoms with Crippen LogP contribution in [-0.4, -0.2) is 38.2 Å². The van der Waals surface area contributed by atoms with Crippen molar-refractivity contribution in [3.8, 4) is 0 Å². The number of hydrogen-bond donors (Lipinski definition) is 0. The Bertz CT molecular complexity index is 893. The lowest BCUT2D eigenvalue weighted by Crippen LogP contribution is -2.40. The SMILES string of the molecule is CC1=C(C(=O)OC(C)C)C(c2cccc([N+](=O)[O-])c2)N2C(=O)C(C)SC2=N1. The molecule has 1 saturated heterocycles. The number of amides is 1. The van der Waals surface area contributed by atoms with Gasteiger partial charge in [-0.3, -0.25) is 19.8 Å². The van der Waals surface area contributed by atoms with Crippen LogP contribution in [0.1, 0.15) is 39.3 Å². The summed E-state index contributed by atoms with van der Waals surface area (Å²) in [6.45, 7) is 6.90. The molecular weight excluding hydrogens is 370 g/mol. The maximum absolute atomic E-state index is 12.8. The smallest absolute Gasteiger partial charge is 0.338 e. The van der Waals surface area contributed by atoms with E-state index >= 15 is 0 Å². The number of ether oxygens (including phenoxy) is 1. The monoisotopic (exact) mass is 389 g/mol. The molecule has 9 heteroatoms. The first-order valence-electron chi connectivity index (χ1n) is 8.45. The minimum atomic E-state index is -0.811. The molecule has 1 fully saturated rings. The second-order valence-corrected chi connectivity index (χ2v) is 7.88. The first-order valence-corrected chi connectivity index (χ1v) is 9.33. The molecule has 0 saturated carbocycles.